The first-order valence-corrected chi connectivity index (χ1v) is 16.1. The molecule has 10 rings (SSSR count). The molecule has 0 radical (unpaired) electrons. The van der Waals surface area contributed by atoms with E-state index in [4.69, 9.17) is 16.8 Å². The quantitative estimate of drug-likeness (QED) is 0.176. The Balaban J connectivity index is 1.16. The van der Waals surface area contributed by atoms with Crippen molar-refractivity contribution in [2.24, 2.45) is 0 Å². The van der Waals surface area contributed by atoms with Crippen LogP contribution in [0.3, 0.4) is 0 Å². The Morgan fingerprint density at radius 2 is 0.918 bits per heavy atom. The first kappa shape index (κ1) is 20.0. The third-order valence-corrected chi connectivity index (χ3v) is 9.43. The number of hydrogen-bond donors (Lipinski definition) is 0. The van der Waals surface area contributed by atoms with E-state index in [1.807, 2.05) is 60.7 Å². The predicted molar refractivity (Wildman–Crippen MR) is 208 cm³/mol. The Hall–Kier alpha value is -6.44. The molecule has 0 saturated heterocycles. The molecule has 228 valence electrons. The van der Waals surface area contributed by atoms with E-state index in [1.165, 1.54) is 0 Å². The highest BCUT2D eigenvalue weighted by Gasteiger charge is 2.20. The molecule has 0 saturated carbocycles. The van der Waals surface area contributed by atoms with Gasteiger partial charge in [-0.3, -0.25) is 0 Å². The summed E-state index contributed by atoms with van der Waals surface area (Å²) in [6.45, 7) is 0. The molecule has 0 N–H and O–H groups in total. The van der Waals surface area contributed by atoms with E-state index in [1.54, 1.807) is 12.1 Å². The zero-order valence-electron chi connectivity index (χ0n) is 35.0. The van der Waals surface area contributed by atoms with Gasteiger partial charge < -0.3 is 4.42 Å². The lowest BCUT2D eigenvalue weighted by atomic mass is 9.84. The molecular formula is C48H30O. The Labute approximate surface area is 297 Å². The summed E-state index contributed by atoms with van der Waals surface area (Å²) >= 11 is 0. The molecule has 0 fully saturated rings. The standard InChI is InChI=1S/C48H30O/c1-2-11-31(12-3-1)32-21-23-33(24-22-32)34-25-27-36(28-26-34)45-38-15-6-8-17-40(38)46(41-18-9-7-16-39(41)45)42-19-10-20-44-47(42)43-30-29-35-13-4-5-14-37(35)48(43)49-44/h1-30H/i1D,2D,3D,11D,12D,21D,22D,23D,24D. The van der Waals surface area contributed by atoms with Gasteiger partial charge in [0.05, 0.1) is 12.3 Å². The fraction of sp³-hybridized carbons (Fsp3) is 0. The van der Waals surface area contributed by atoms with Crippen LogP contribution < -0.4 is 0 Å². The molecule has 49 heavy (non-hydrogen) atoms. The smallest absolute Gasteiger partial charge is 0.143 e. The molecule has 1 aromatic heterocycles. The maximum Gasteiger partial charge on any atom is 0.143 e. The van der Waals surface area contributed by atoms with Crippen molar-refractivity contribution >= 4 is 54.3 Å². The minimum atomic E-state index is -0.610. The van der Waals surface area contributed by atoms with Crippen molar-refractivity contribution < 1.29 is 16.8 Å². The Bertz CT molecular complexity index is 3270. The second-order valence-corrected chi connectivity index (χ2v) is 12.1. The van der Waals surface area contributed by atoms with Gasteiger partial charge in [0.1, 0.15) is 11.2 Å². The van der Waals surface area contributed by atoms with Gasteiger partial charge in [0.2, 0.25) is 0 Å². The number of hydrogen-bond acceptors (Lipinski definition) is 1. The predicted octanol–water partition coefficient (Wildman–Crippen LogP) is 13.7. The molecule has 9 aromatic carbocycles. The molecule has 0 spiro atoms. The van der Waals surface area contributed by atoms with E-state index < -0.39 is 42.3 Å². The number of rotatable bonds is 4. The summed E-state index contributed by atoms with van der Waals surface area (Å²) in [6, 6.07) is 38.2. The lowest BCUT2D eigenvalue weighted by Gasteiger charge is -2.18. The van der Waals surface area contributed by atoms with Crippen LogP contribution >= 0.6 is 0 Å². The third kappa shape index (κ3) is 4.40. The molecule has 1 nitrogen and oxygen atoms in total. The average molecular weight is 632 g/mol. The van der Waals surface area contributed by atoms with Crippen molar-refractivity contribution in [1.82, 2.24) is 0 Å². The van der Waals surface area contributed by atoms with Crippen molar-refractivity contribution in [3.05, 3.63) is 182 Å². The topological polar surface area (TPSA) is 13.1 Å². The third-order valence-electron chi connectivity index (χ3n) is 9.43. The van der Waals surface area contributed by atoms with Crippen LogP contribution in [-0.2, 0) is 0 Å². The van der Waals surface area contributed by atoms with Gasteiger partial charge in [-0.1, -0.05) is 170 Å². The van der Waals surface area contributed by atoms with E-state index in [0.29, 0.717) is 5.56 Å². The second kappa shape index (κ2) is 11.1. The van der Waals surface area contributed by atoms with Crippen LogP contribution in [-0.4, -0.2) is 0 Å². The van der Waals surface area contributed by atoms with E-state index >= 15 is 0 Å². The summed E-state index contributed by atoms with van der Waals surface area (Å²) in [6.07, 6.45) is 0. The molecule has 0 unspecified atom stereocenters. The van der Waals surface area contributed by atoms with Gasteiger partial charge in [0, 0.05) is 16.2 Å². The van der Waals surface area contributed by atoms with E-state index in [2.05, 4.69) is 54.6 Å². The van der Waals surface area contributed by atoms with Crippen molar-refractivity contribution in [1.29, 1.82) is 0 Å². The fourth-order valence-corrected chi connectivity index (χ4v) is 7.25. The second-order valence-electron chi connectivity index (χ2n) is 12.1. The molecule has 0 amide bonds. The number of benzene rings is 9. The van der Waals surface area contributed by atoms with Gasteiger partial charge >= 0.3 is 0 Å². The van der Waals surface area contributed by atoms with Crippen LogP contribution in [0.2, 0.25) is 0 Å². The highest BCUT2D eigenvalue weighted by molar-refractivity contribution is 6.27. The first-order chi connectivity index (χ1) is 28.1. The zero-order valence-corrected chi connectivity index (χ0v) is 26.0. The highest BCUT2D eigenvalue weighted by Crippen LogP contribution is 2.47. The lowest BCUT2D eigenvalue weighted by Crippen LogP contribution is -1.91. The molecule has 0 aliphatic rings. The minimum absolute atomic E-state index is 0.0518. The Kier molecular flexibility index (Phi) is 4.53. The normalized spacial score (nSPS) is 14.2. The minimum Gasteiger partial charge on any atom is -0.455 e. The van der Waals surface area contributed by atoms with E-state index in [9.17, 15) is 0 Å². The molecule has 1 heterocycles. The SMILES string of the molecule is [2H]c1c([2H])c([2H])c(-c2c([2H])c([2H])c(-c3ccc(-c4c5ccccc5c(-c5cccc6oc7c8ccccc8ccc7c56)c5ccccc45)cc3)c([2H])c2[2H])c([2H])c1[2H]. The number of furan rings is 1. The average Bonchev–Trinajstić information content (AvgIpc) is 3.65. The molecule has 0 bridgehead atoms. The number of fused-ring (bicyclic) bond motifs is 7. The summed E-state index contributed by atoms with van der Waals surface area (Å²) in [5.41, 5.74) is 5.53. The largest absolute Gasteiger partial charge is 0.455 e. The Morgan fingerprint density at radius 1 is 0.367 bits per heavy atom. The highest BCUT2D eigenvalue weighted by atomic mass is 16.3. The maximum atomic E-state index is 8.97. The molecule has 0 aliphatic heterocycles. The summed E-state index contributed by atoms with van der Waals surface area (Å²) < 4.78 is 83.3. The molecule has 0 aliphatic carbocycles. The van der Waals surface area contributed by atoms with Gasteiger partial charge in [0.25, 0.3) is 0 Å². The summed E-state index contributed by atoms with van der Waals surface area (Å²) in [7, 11) is 0. The van der Waals surface area contributed by atoms with Crippen LogP contribution in [0.1, 0.15) is 12.3 Å². The molecule has 1 heteroatoms. The van der Waals surface area contributed by atoms with Gasteiger partial charge in [-0.2, -0.15) is 0 Å². The van der Waals surface area contributed by atoms with E-state index in [-0.39, 0.29) is 28.8 Å². The van der Waals surface area contributed by atoms with Gasteiger partial charge in [-0.15, -0.1) is 0 Å². The lowest BCUT2D eigenvalue weighted by molar-refractivity contribution is 0.673. The van der Waals surface area contributed by atoms with Crippen LogP contribution in [0.5, 0.6) is 0 Å². The molecule has 10 aromatic rings. The summed E-state index contributed by atoms with van der Waals surface area (Å²) in [5, 5.41) is 8.47. The maximum absolute atomic E-state index is 8.97. The van der Waals surface area contributed by atoms with Crippen LogP contribution in [0, 0.1) is 0 Å². The van der Waals surface area contributed by atoms with Crippen LogP contribution in [0.25, 0.3) is 98.8 Å². The van der Waals surface area contributed by atoms with Gasteiger partial charge in [0.15, 0.2) is 0 Å². The molecular weight excluding hydrogens is 593 g/mol. The van der Waals surface area contributed by atoms with Crippen molar-refractivity contribution in [2.75, 3.05) is 0 Å². The van der Waals surface area contributed by atoms with Crippen molar-refractivity contribution in [3.63, 3.8) is 0 Å². The molecule has 0 atom stereocenters. The van der Waals surface area contributed by atoms with Crippen LogP contribution in [0.4, 0.5) is 0 Å². The van der Waals surface area contributed by atoms with Gasteiger partial charge in [-0.25, -0.2) is 0 Å². The van der Waals surface area contributed by atoms with Crippen molar-refractivity contribution in [2.45, 2.75) is 0 Å². The van der Waals surface area contributed by atoms with Gasteiger partial charge in [-0.05, 0) is 83.6 Å². The van der Waals surface area contributed by atoms with Crippen molar-refractivity contribution in [3.8, 4) is 44.5 Å². The Morgan fingerprint density at radius 3 is 1.59 bits per heavy atom. The first-order valence-electron chi connectivity index (χ1n) is 20.6. The van der Waals surface area contributed by atoms with E-state index in [0.717, 1.165) is 76.5 Å². The van der Waals surface area contributed by atoms with Crippen LogP contribution in [0.15, 0.2) is 186 Å². The monoisotopic (exact) mass is 631 g/mol. The summed E-state index contributed by atoms with van der Waals surface area (Å²) in [5.74, 6) is 0. The fourth-order valence-electron chi connectivity index (χ4n) is 7.25. The summed E-state index contributed by atoms with van der Waals surface area (Å²) in [4.78, 5) is 0. The zero-order chi connectivity index (χ0) is 40.1.